The SMILES string of the molecule is CNCCCNC(=O)NC(CCOC)C(=O)O. The van der Waals surface area contributed by atoms with Crippen LogP contribution in [0.2, 0.25) is 0 Å². The zero-order valence-corrected chi connectivity index (χ0v) is 10.3. The van der Waals surface area contributed by atoms with Crippen LogP contribution in [0.25, 0.3) is 0 Å². The third kappa shape index (κ3) is 8.47. The molecule has 0 rings (SSSR count). The fraction of sp³-hybridized carbons (Fsp3) is 0.800. The Kier molecular flexibility index (Phi) is 9.08. The maximum atomic E-state index is 11.3. The number of aliphatic carboxylic acids is 1. The van der Waals surface area contributed by atoms with Gasteiger partial charge in [0.15, 0.2) is 0 Å². The molecule has 0 bridgehead atoms. The van der Waals surface area contributed by atoms with Gasteiger partial charge in [0, 0.05) is 26.7 Å². The van der Waals surface area contributed by atoms with E-state index in [0.717, 1.165) is 13.0 Å². The van der Waals surface area contributed by atoms with E-state index in [0.29, 0.717) is 6.54 Å². The molecule has 7 heteroatoms. The van der Waals surface area contributed by atoms with Crippen molar-refractivity contribution in [3.63, 3.8) is 0 Å². The standard InChI is InChI=1S/C10H21N3O4/c1-11-5-3-6-12-10(16)13-8(9(14)15)4-7-17-2/h8,11H,3-7H2,1-2H3,(H,14,15)(H2,12,13,16). The van der Waals surface area contributed by atoms with Crippen molar-refractivity contribution in [2.24, 2.45) is 0 Å². The molecule has 0 saturated carbocycles. The van der Waals surface area contributed by atoms with Crippen molar-refractivity contribution in [2.75, 3.05) is 33.9 Å². The van der Waals surface area contributed by atoms with E-state index in [2.05, 4.69) is 16.0 Å². The lowest BCUT2D eigenvalue weighted by Gasteiger charge is -2.14. The van der Waals surface area contributed by atoms with Crippen molar-refractivity contribution in [1.82, 2.24) is 16.0 Å². The predicted octanol–water partition coefficient (Wildman–Crippen LogP) is -0.615. The summed E-state index contributed by atoms with van der Waals surface area (Å²) in [5, 5.41) is 16.8. The average molecular weight is 247 g/mol. The zero-order chi connectivity index (χ0) is 13.1. The van der Waals surface area contributed by atoms with Gasteiger partial charge in [-0.1, -0.05) is 0 Å². The predicted molar refractivity (Wildman–Crippen MR) is 63.0 cm³/mol. The molecule has 0 aliphatic heterocycles. The molecule has 1 unspecified atom stereocenters. The summed E-state index contributed by atoms with van der Waals surface area (Å²) in [4.78, 5) is 22.1. The topological polar surface area (TPSA) is 99.7 Å². The van der Waals surface area contributed by atoms with Crippen molar-refractivity contribution in [3.8, 4) is 0 Å². The molecule has 0 radical (unpaired) electrons. The Labute approximate surface area is 101 Å². The lowest BCUT2D eigenvalue weighted by Crippen LogP contribution is -2.46. The van der Waals surface area contributed by atoms with Gasteiger partial charge in [0.25, 0.3) is 0 Å². The number of rotatable bonds is 9. The summed E-state index contributed by atoms with van der Waals surface area (Å²) < 4.78 is 4.77. The second kappa shape index (κ2) is 9.86. The number of hydrogen-bond acceptors (Lipinski definition) is 4. The molecule has 0 aromatic carbocycles. The molecule has 0 spiro atoms. The van der Waals surface area contributed by atoms with Crippen LogP contribution in [-0.4, -0.2) is 57.0 Å². The number of carbonyl (C=O) groups excluding carboxylic acids is 1. The molecule has 17 heavy (non-hydrogen) atoms. The van der Waals surface area contributed by atoms with Crippen LogP contribution in [-0.2, 0) is 9.53 Å². The van der Waals surface area contributed by atoms with E-state index >= 15 is 0 Å². The maximum absolute atomic E-state index is 11.3. The molecule has 0 aromatic heterocycles. The number of hydrogen-bond donors (Lipinski definition) is 4. The lowest BCUT2D eigenvalue weighted by atomic mass is 10.2. The van der Waals surface area contributed by atoms with Gasteiger partial charge in [-0.3, -0.25) is 0 Å². The summed E-state index contributed by atoms with van der Waals surface area (Å²) in [5.74, 6) is -1.06. The van der Waals surface area contributed by atoms with E-state index in [1.807, 2.05) is 7.05 Å². The molecule has 0 aliphatic carbocycles. The van der Waals surface area contributed by atoms with Crippen molar-refractivity contribution >= 4 is 12.0 Å². The van der Waals surface area contributed by atoms with Crippen molar-refractivity contribution in [2.45, 2.75) is 18.9 Å². The molecule has 0 saturated heterocycles. The minimum absolute atomic E-state index is 0.246. The average Bonchev–Trinajstić information content (AvgIpc) is 2.29. The highest BCUT2D eigenvalue weighted by molar-refractivity contribution is 5.82. The smallest absolute Gasteiger partial charge is 0.326 e. The summed E-state index contributed by atoms with van der Waals surface area (Å²) in [7, 11) is 3.31. The summed E-state index contributed by atoms with van der Waals surface area (Å²) >= 11 is 0. The van der Waals surface area contributed by atoms with Crippen LogP contribution in [0.15, 0.2) is 0 Å². The third-order valence-electron chi connectivity index (χ3n) is 2.10. The van der Waals surface area contributed by atoms with Gasteiger partial charge in [-0.15, -0.1) is 0 Å². The molecule has 0 aliphatic rings. The zero-order valence-electron chi connectivity index (χ0n) is 10.3. The van der Waals surface area contributed by atoms with Gasteiger partial charge in [-0.05, 0) is 20.0 Å². The number of ether oxygens (including phenoxy) is 1. The summed E-state index contributed by atoms with van der Waals surface area (Å²) in [6.07, 6.45) is 1.04. The van der Waals surface area contributed by atoms with Crippen LogP contribution in [0.3, 0.4) is 0 Å². The number of carbonyl (C=O) groups is 2. The van der Waals surface area contributed by atoms with Crippen LogP contribution in [0, 0.1) is 0 Å². The first-order chi connectivity index (χ1) is 8.11. The number of amides is 2. The minimum Gasteiger partial charge on any atom is -0.480 e. The normalized spacial score (nSPS) is 11.9. The van der Waals surface area contributed by atoms with Crippen LogP contribution >= 0.6 is 0 Å². The van der Waals surface area contributed by atoms with E-state index in [9.17, 15) is 9.59 Å². The fourth-order valence-electron chi connectivity index (χ4n) is 1.17. The summed E-state index contributed by atoms with van der Waals surface area (Å²) in [6.45, 7) is 1.59. The van der Waals surface area contributed by atoms with Crippen LogP contribution in [0.1, 0.15) is 12.8 Å². The van der Waals surface area contributed by atoms with E-state index in [1.54, 1.807) is 0 Å². The van der Waals surface area contributed by atoms with Crippen molar-refractivity contribution < 1.29 is 19.4 Å². The van der Waals surface area contributed by atoms with Gasteiger partial charge in [0.05, 0.1) is 0 Å². The number of methoxy groups -OCH3 is 1. The first-order valence-corrected chi connectivity index (χ1v) is 5.52. The Bertz CT molecular complexity index is 236. The van der Waals surface area contributed by atoms with Gasteiger partial charge in [0.2, 0.25) is 0 Å². The molecule has 4 N–H and O–H groups in total. The third-order valence-corrected chi connectivity index (χ3v) is 2.10. The fourth-order valence-corrected chi connectivity index (χ4v) is 1.17. The largest absolute Gasteiger partial charge is 0.480 e. The van der Waals surface area contributed by atoms with Gasteiger partial charge >= 0.3 is 12.0 Å². The number of urea groups is 1. The van der Waals surface area contributed by atoms with E-state index in [-0.39, 0.29) is 13.0 Å². The quantitative estimate of drug-likeness (QED) is 0.407. The van der Waals surface area contributed by atoms with Gasteiger partial charge < -0.3 is 25.8 Å². The number of carboxylic acids is 1. The maximum Gasteiger partial charge on any atom is 0.326 e. The molecule has 7 nitrogen and oxygen atoms in total. The molecular weight excluding hydrogens is 226 g/mol. The first-order valence-electron chi connectivity index (χ1n) is 5.52. The molecule has 0 aromatic rings. The van der Waals surface area contributed by atoms with E-state index in [1.165, 1.54) is 7.11 Å². The van der Waals surface area contributed by atoms with Crippen LogP contribution < -0.4 is 16.0 Å². The minimum atomic E-state index is -1.06. The van der Waals surface area contributed by atoms with Crippen molar-refractivity contribution in [1.29, 1.82) is 0 Å². The summed E-state index contributed by atoms with van der Waals surface area (Å²) in [6, 6.07) is -1.39. The lowest BCUT2D eigenvalue weighted by molar-refractivity contribution is -0.139. The van der Waals surface area contributed by atoms with Crippen LogP contribution in [0.4, 0.5) is 4.79 Å². The number of nitrogens with one attached hydrogen (secondary N) is 3. The summed E-state index contributed by atoms with van der Waals surface area (Å²) in [5.41, 5.74) is 0. The number of carboxylic acid groups (broad SMARTS) is 1. The highest BCUT2D eigenvalue weighted by Gasteiger charge is 2.18. The van der Waals surface area contributed by atoms with Gasteiger partial charge in [-0.25, -0.2) is 9.59 Å². The van der Waals surface area contributed by atoms with Gasteiger partial charge in [0.1, 0.15) is 6.04 Å². The monoisotopic (exact) mass is 247 g/mol. The molecular formula is C10H21N3O4. The Morgan fingerprint density at radius 3 is 2.59 bits per heavy atom. The Balaban J connectivity index is 3.83. The molecule has 100 valence electrons. The molecule has 0 fully saturated rings. The van der Waals surface area contributed by atoms with Gasteiger partial charge in [-0.2, -0.15) is 0 Å². The first kappa shape index (κ1) is 15.7. The Hall–Kier alpha value is -1.34. The van der Waals surface area contributed by atoms with Crippen LogP contribution in [0.5, 0.6) is 0 Å². The second-order valence-electron chi connectivity index (χ2n) is 3.53. The Morgan fingerprint density at radius 2 is 2.06 bits per heavy atom. The van der Waals surface area contributed by atoms with E-state index < -0.39 is 18.0 Å². The molecule has 2 amide bonds. The highest BCUT2D eigenvalue weighted by atomic mass is 16.5. The molecule has 0 heterocycles. The van der Waals surface area contributed by atoms with Crippen molar-refractivity contribution in [3.05, 3.63) is 0 Å². The second-order valence-corrected chi connectivity index (χ2v) is 3.53. The Morgan fingerprint density at radius 1 is 1.35 bits per heavy atom. The highest BCUT2D eigenvalue weighted by Crippen LogP contribution is 1.93. The van der Waals surface area contributed by atoms with E-state index in [4.69, 9.17) is 9.84 Å². The molecule has 1 atom stereocenters.